The second-order valence-electron chi connectivity index (χ2n) is 7.80. The summed E-state index contributed by atoms with van der Waals surface area (Å²) in [5.41, 5.74) is 0.0854. The SMILES string of the molecule is CCOC(=O)CSc1cc(N(C(=O)C2=C(C(=O)OC)CCCC2)C(=O)c2ccccc2)c(F)cc1Cl. The van der Waals surface area contributed by atoms with Gasteiger partial charge in [0.15, 0.2) is 0 Å². The maximum absolute atomic E-state index is 15.3. The first kappa shape index (κ1) is 27.4. The standard InChI is InChI=1S/C26H25ClFNO6S/c1-3-35-23(30)15-36-22-14-21(20(28)13-19(22)27)29(24(31)16-9-5-4-6-10-16)25(32)17-11-7-8-12-18(17)26(33)34-2/h4-6,9-10,13-14H,3,7-8,11-12,15H2,1-2H3. The molecule has 0 bridgehead atoms. The quantitative estimate of drug-likeness (QED) is 0.256. The number of anilines is 1. The molecular weight excluding hydrogens is 509 g/mol. The molecule has 0 fully saturated rings. The molecule has 36 heavy (non-hydrogen) atoms. The predicted octanol–water partition coefficient (Wildman–Crippen LogP) is 5.35. The van der Waals surface area contributed by atoms with E-state index in [1.807, 2.05) is 0 Å². The second-order valence-corrected chi connectivity index (χ2v) is 9.22. The highest BCUT2D eigenvalue weighted by Gasteiger charge is 2.34. The summed E-state index contributed by atoms with van der Waals surface area (Å²) in [6, 6.07) is 10.2. The summed E-state index contributed by atoms with van der Waals surface area (Å²) in [6.07, 6.45) is 1.85. The lowest BCUT2D eigenvalue weighted by Crippen LogP contribution is -2.40. The summed E-state index contributed by atoms with van der Waals surface area (Å²) in [5, 5.41) is 0.0113. The number of hydrogen-bond donors (Lipinski definition) is 0. The lowest BCUT2D eigenvalue weighted by Gasteiger charge is -2.26. The van der Waals surface area contributed by atoms with Crippen LogP contribution < -0.4 is 4.90 Å². The number of nitrogens with zero attached hydrogens (tertiary/aromatic N) is 1. The number of rotatable bonds is 8. The zero-order chi connectivity index (χ0) is 26.2. The molecule has 0 aliphatic heterocycles. The Bertz CT molecular complexity index is 1200. The van der Waals surface area contributed by atoms with Crippen molar-refractivity contribution in [1.82, 2.24) is 0 Å². The smallest absolute Gasteiger partial charge is 0.334 e. The fourth-order valence-corrected chi connectivity index (χ4v) is 4.85. The summed E-state index contributed by atoms with van der Waals surface area (Å²) in [7, 11) is 1.21. The third kappa shape index (κ3) is 6.33. The van der Waals surface area contributed by atoms with Gasteiger partial charge in [-0.1, -0.05) is 29.8 Å². The number of halogens is 2. The van der Waals surface area contributed by atoms with Crippen LogP contribution in [0, 0.1) is 5.82 Å². The van der Waals surface area contributed by atoms with E-state index in [9.17, 15) is 19.2 Å². The van der Waals surface area contributed by atoms with Gasteiger partial charge >= 0.3 is 11.9 Å². The zero-order valence-corrected chi connectivity index (χ0v) is 21.4. The third-order valence-corrected chi connectivity index (χ3v) is 6.93. The van der Waals surface area contributed by atoms with E-state index in [0.29, 0.717) is 19.3 Å². The number of methoxy groups -OCH3 is 1. The van der Waals surface area contributed by atoms with Gasteiger partial charge in [-0.25, -0.2) is 14.1 Å². The monoisotopic (exact) mass is 533 g/mol. The maximum Gasteiger partial charge on any atom is 0.334 e. The first-order valence-electron chi connectivity index (χ1n) is 11.3. The van der Waals surface area contributed by atoms with E-state index in [2.05, 4.69) is 0 Å². The lowest BCUT2D eigenvalue weighted by atomic mass is 9.90. The Kier molecular flexibility index (Phi) is 9.66. The van der Waals surface area contributed by atoms with Gasteiger partial charge in [-0.3, -0.25) is 14.4 Å². The van der Waals surface area contributed by atoms with Crippen molar-refractivity contribution < 1.29 is 33.0 Å². The fourth-order valence-electron chi connectivity index (χ4n) is 3.79. The lowest BCUT2D eigenvalue weighted by molar-refractivity contribution is -0.140. The van der Waals surface area contributed by atoms with E-state index in [4.69, 9.17) is 21.1 Å². The number of carbonyl (C=O) groups excluding carboxylic acids is 4. The Morgan fingerprint density at radius 3 is 2.33 bits per heavy atom. The molecule has 2 aromatic carbocycles. The Balaban J connectivity index is 2.12. The first-order valence-corrected chi connectivity index (χ1v) is 12.7. The van der Waals surface area contributed by atoms with Crippen molar-refractivity contribution in [3.8, 4) is 0 Å². The molecule has 0 aromatic heterocycles. The molecule has 0 saturated carbocycles. The molecule has 10 heteroatoms. The molecule has 1 aliphatic rings. The summed E-state index contributed by atoms with van der Waals surface area (Å²) in [6.45, 7) is 1.88. The number of benzene rings is 2. The number of imide groups is 1. The molecule has 2 aromatic rings. The van der Waals surface area contributed by atoms with E-state index in [-0.39, 0.29) is 51.1 Å². The second kappa shape index (κ2) is 12.7. The highest BCUT2D eigenvalue weighted by molar-refractivity contribution is 8.00. The van der Waals surface area contributed by atoms with Crippen LogP contribution in [0.15, 0.2) is 58.5 Å². The van der Waals surface area contributed by atoms with Gasteiger partial charge in [-0.2, -0.15) is 0 Å². The van der Waals surface area contributed by atoms with Crippen LogP contribution in [0.3, 0.4) is 0 Å². The molecule has 190 valence electrons. The molecule has 0 spiro atoms. The van der Waals surface area contributed by atoms with Gasteiger partial charge < -0.3 is 9.47 Å². The van der Waals surface area contributed by atoms with Crippen LogP contribution in [0.5, 0.6) is 0 Å². The largest absolute Gasteiger partial charge is 0.466 e. The molecule has 0 heterocycles. The normalized spacial score (nSPS) is 13.2. The highest BCUT2D eigenvalue weighted by Crippen LogP contribution is 2.36. The molecule has 0 N–H and O–H groups in total. The van der Waals surface area contributed by atoms with Crippen LogP contribution in [0.25, 0.3) is 0 Å². The summed E-state index contributed by atoms with van der Waals surface area (Å²) < 4.78 is 25.0. The van der Waals surface area contributed by atoms with Gasteiger partial charge in [0, 0.05) is 21.6 Å². The van der Waals surface area contributed by atoms with E-state index >= 15 is 4.39 Å². The Labute approximate surface area is 217 Å². The molecule has 0 unspecified atom stereocenters. The van der Waals surface area contributed by atoms with Crippen LogP contribution in [0.1, 0.15) is 43.0 Å². The summed E-state index contributed by atoms with van der Waals surface area (Å²) >= 11 is 7.19. The Morgan fingerprint density at radius 2 is 1.69 bits per heavy atom. The average Bonchev–Trinajstić information content (AvgIpc) is 2.89. The van der Waals surface area contributed by atoms with Crippen molar-refractivity contribution in [3.63, 3.8) is 0 Å². The number of ether oxygens (including phenoxy) is 2. The van der Waals surface area contributed by atoms with E-state index in [1.54, 1.807) is 25.1 Å². The molecule has 1 aliphatic carbocycles. The van der Waals surface area contributed by atoms with Crippen molar-refractivity contribution in [1.29, 1.82) is 0 Å². The van der Waals surface area contributed by atoms with Crippen molar-refractivity contribution in [2.75, 3.05) is 24.4 Å². The number of esters is 2. The van der Waals surface area contributed by atoms with Gasteiger partial charge in [0.25, 0.3) is 11.8 Å². The van der Waals surface area contributed by atoms with Gasteiger partial charge in [-0.05, 0) is 56.9 Å². The molecule has 0 atom stereocenters. The minimum absolute atomic E-state index is 0.0113. The topological polar surface area (TPSA) is 90.0 Å². The van der Waals surface area contributed by atoms with Crippen molar-refractivity contribution in [2.24, 2.45) is 0 Å². The molecule has 0 radical (unpaired) electrons. The van der Waals surface area contributed by atoms with Crippen LogP contribution in [-0.2, 0) is 23.9 Å². The Hall–Kier alpha value is -3.17. The maximum atomic E-state index is 15.3. The average molecular weight is 534 g/mol. The molecule has 7 nitrogen and oxygen atoms in total. The number of amides is 2. The van der Waals surface area contributed by atoms with Crippen molar-refractivity contribution in [3.05, 3.63) is 70.0 Å². The van der Waals surface area contributed by atoms with Gasteiger partial charge in [0.1, 0.15) is 5.82 Å². The van der Waals surface area contributed by atoms with Crippen LogP contribution in [0.2, 0.25) is 5.02 Å². The van der Waals surface area contributed by atoms with Crippen LogP contribution in [0.4, 0.5) is 10.1 Å². The summed E-state index contributed by atoms with van der Waals surface area (Å²) in [4.78, 5) is 52.6. The highest BCUT2D eigenvalue weighted by atomic mass is 35.5. The van der Waals surface area contributed by atoms with Gasteiger partial charge in [0.2, 0.25) is 0 Å². The van der Waals surface area contributed by atoms with E-state index < -0.39 is 29.6 Å². The number of hydrogen-bond acceptors (Lipinski definition) is 7. The minimum atomic E-state index is -0.908. The molecule has 0 saturated heterocycles. The fraction of sp³-hybridized carbons (Fsp3) is 0.308. The molecule has 3 rings (SSSR count). The predicted molar refractivity (Wildman–Crippen MR) is 135 cm³/mol. The number of thioether (sulfide) groups is 1. The third-order valence-electron chi connectivity index (χ3n) is 5.48. The van der Waals surface area contributed by atoms with E-state index in [0.717, 1.165) is 22.7 Å². The molecular formula is C26H25ClFNO6S. The van der Waals surface area contributed by atoms with Gasteiger partial charge in [-0.15, -0.1) is 11.8 Å². The number of carbonyl (C=O) groups is 4. The zero-order valence-electron chi connectivity index (χ0n) is 19.8. The summed E-state index contributed by atoms with van der Waals surface area (Å²) in [5.74, 6) is -3.75. The molecule has 2 amide bonds. The van der Waals surface area contributed by atoms with Gasteiger partial charge in [0.05, 0.1) is 30.2 Å². The van der Waals surface area contributed by atoms with Crippen molar-refractivity contribution >= 4 is 52.8 Å². The van der Waals surface area contributed by atoms with Crippen molar-refractivity contribution in [2.45, 2.75) is 37.5 Å². The minimum Gasteiger partial charge on any atom is -0.466 e. The van der Waals surface area contributed by atoms with Crippen LogP contribution >= 0.6 is 23.4 Å². The Morgan fingerprint density at radius 1 is 1.03 bits per heavy atom. The van der Waals surface area contributed by atoms with Crippen LogP contribution in [-0.4, -0.2) is 43.2 Å². The first-order chi connectivity index (χ1) is 17.3. The van der Waals surface area contributed by atoms with E-state index in [1.165, 1.54) is 25.3 Å².